The van der Waals surface area contributed by atoms with Gasteiger partial charge in [-0.25, -0.2) is 9.37 Å². The smallest absolute Gasteiger partial charge is 0.255 e. The molecular weight excluding hydrogens is 397 g/mol. The number of nitrogens with zero attached hydrogens (tertiary/aromatic N) is 2. The van der Waals surface area contributed by atoms with Crippen LogP contribution < -0.4 is 10.1 Å². The Bertz CT molecular complexity index is 1080. The highest BCUT2D eigenvalue weighted by Gasteiger charge is 2.43. The van der Waals surface area contributed by atoms with Gasteiger partial charge in [-0.3, -0.25) is 9.78 Å². The van der Waals surface area contributed by atoms with E-state index in [1.807, 2.05) is 38.1 Å². The summed E-state index contributed by atoms with van der Waals surface area (Å²) in [6.07, 6.45) is 4.87. The van der Waals surface area contributed by atoms with Crippen LogP contribution in [0.4, 0.5) is 10.1 Å². The summed E-state index contributed by atoms with van der Waals surface area (Å²) in [5, 5.41) is 2.91. The van der Waals surface area contributed by atoms with Gasteiger partial charge in [0.2, 0.25) is 5.88 Å². The number of aryl methyl sites for hydroxylation is 1. The molecule has 7 heteroatoms. The third kappa shape index (κ3) is 4.14. The Morgan fingerprint density at radius 1 is 1.23 bits per heavy atom. The molecule has 3 aromatic rings. The first-order valence-corrected chi connectivity index (χ1v) is 10.2. The molecule has 1 amide bonds. The van der Waals surface area contributed by atoms with Crippen molar-refractivity contribution in [3.63, 3.8) is 0 Å². The highest BCUT2D eigenvalue weighted by atomic mass is 19.1. The molecule has 1 aliphatic rings. The van der Waals surface area contributed by atoms with Gasteiger partial charge in [-0.2, -0.15) is 0 Å². The number of amides is 1. The lowest BCUT2D eigenvalue weighted by atomic mass is 9.79. The van der Waals surface area contributed by atoms with E-state index in [2.05, 4.69) is 15.3 Å². The standard InChI is InChI=1S/C24H24FN3O3/c1-3-31-23-21(24(13-25)14-30-15-24)10-18(12-27-23)20-11-19(5-4-16(20)2)28-22(29)17-6-8-26-9-7-17/h4-12H,3,13-15H2,1-2H3,(H,28,29). The third-order valence-electron chi connectivity index (χ3n) is 5.47. The molecule has 1 aromatic carbocycles. The van der Waals surface area contributed by atoms with Gasteiger partial charge in [0.25, 0.3) is 5.91 Å². The molecule has 160 valence electrons. The summed E-state index contributed by atoms with van der Waals surface area (Å²) >= 11 is 0. The van der Waals surface area contributed by atoms with E-state index < -0.39 is 12.1 Å². The van der Waals surface area contributed by atoms with Gasteiger partial charge in [0.05, 0.1) is 25.2 Å². The number of rotatable bonds is 7. The van der Waals surface area contributed by atoms with E-state index in [0.29, 0.717) is 42.5 Å². The van der Waals surface area contributed by atoms with Gasteiger partial charge in [-0.1, -0.05) is 6.07 Å². The van der Waals surface area contributed by atoms with E-state index in [1.165, 1.54) is 0 Å². The van der Waals surface area contributed by atoms with Gasteiger partial charge >= 0.3 is 0 Å². The molecule has 0 atom stereocenters. The van der Waals surface area contributed by atoms with Gasteiger partial charge in [-0.05, 0) is 55.3 Å². The number of pyridine rings is 2. The van der Waals surface area contributed by atoms with Crippen molar-refractivity contribution in [2.24, 2.45) is 0 Å². The van der Waals surface area contributed by atoms with Gasteiger partial charge in [0, 0.05) is 41.0 Å². The average Bonchev–Trinajstić information content (AvgIpc) is 2.76. The quantitative estimate of drug-likeness (QED) is 0.614. The molecule has 0 spiro atoms. The number of nitrogens with one attached hydrogen (secondary N) is 1. The summed E-state index contributed by atoms with van der Waals surface area (Å²) in [7, 11) is 0. The molecule has 0 bridgehead atoms. The van der Waals surface area contributed by atoms with Crippen LogP contribution in [-0.2, 0) is 10.2 Å². The lowest BCUT2D eigenvalue weighted by Crippen LogP contribution is -2.49. The van der Waals surface area contributed by atoms with Gasteiger partial charge < -0.3 is 14.8 Å². The zero-order valence-corrected chi connectivity index (χ0v) is 17.5. The van der Waals surface area contributed by atoms with Crippen molar-refractivity contribution in [2.45, 2.75) is 19.3 Å². The second kappa shape index (κ2) is 8.81. The van der Waals surface area contributed by atoms with Crippen molar-refractivity contribution in [2.75, 3.05) is 31.8 Å². The van der Waals surface area contributed by atoms with Gasteiger partial charge in [0.1, 0.15) is 6.67 Å². The zero-order chi connectivity index (χ0) is 21.8. The van der Waals surface area contributed by atoms with Crippen LogP contribution >= 0.6 is 0 Å². The molecule has 0 saturated carbocycles. The van der Waals surface area contributed by atoms with E-state index in [4.69, 9.17) is 9.47 Å². The van der Waals surface area contributed by atoms with Crippen LogP contribution in [0.15, 0.2) is 55.0 Å². The summed E-state index contributed by atoms with van der Waals surface area (Å²) in [5.41, 5.74) is 3.91. The van der Waals surface area contributed by atoms with Gasteiger partial charge in [0.15, 0.2) is 0 Å². The molecule has 1 fully saturated rings. The van der Waals surface area contributed by atoms with Crippen LogP contribution in [0.25, 0.3) is 11.1 Å². The number of alkyl halides is 1. The first kappa shape index (κ1) is 20.9. The van der Waals surface area contributed by atoms with Crippen LogP contribution in [-0.4, -0.2) is 42.4 Å². The Labute approximate surface area is 180 Å². The van der Waals surface area contributed by atoms with E-state index >= 15 is 0 Å². The first-order valence-electron chi connectivity index (χ1n) is 10.2. The van der Waals surface area contributed by atoms with Crippen LogP contribution in [0.1, 0.15) is 28.4 Å². The number of carbonyl (C=O) groups excluding carboxylic acids is 1. The summed E-state index contributed by atoms with van der Waals surface area (Å²) in [6, 6.07) is 10.9. The van der Waals surface area contributed by atoms with Crippen molar-refractivity contribution >= 4 is 11.6 Å². The Morgan fingerprint density at radius 2 is 2.00 bits per heavy atom. The van der Waals surface area contributed by atoms with Crippen molar-refractivity contribution in [3.05, 3.63) is 71.7 Å². The summed E-state index contributed by atoms with van der Waals surface area (Å²) in [4.78, 5) is 20.9. The number of aromatic nitrogens is 2. The molecule has 6 nitrogen and oxygen atoms in total. The normalized spacial score (nSPS) is 14.5. The SMILES string of the molecule is CCOc1ncc(-c2cc(NC(=O)c3ccncc3)ccc2C)cc1C1(CF)COC1. The molecule has 0 radical (unpaired) electrons. The molecule has 2 aromatic heterocycles. The Hall–Kier alpha value is -3.32. The van der Waals surface area contributed by atoms with Crippen molar-refractivity contribution in [1.29, 1.82) is 0 Å². The van der Waals surface area contributed by atoms with E-state index in [9.17, 15) is 9.18 Å². The van der Waals surface area contributed by atoms with Crippen LogP contribution in [0.3, 0.4) is 0 Å². The maximum atomic E-state index is 14.0. The molecule has 0 aliphatic carbocycles. The molecule has 3 heterocycles. The number of ether oxygens (including phenoxy) is 2. The van der Waals surface area contributed by atoms with Crippen LogP contribution in [0, 0.1) is 6.92 Å². The summed E-state index contributed by atoms with van der Waals surface area (Å²) in [5.74, 6) is 0.220. The molecule has 1 N–H and O–H groups in total. The largest absolute Gasteiger partial charge is 0.478 e. The average molecular weight is 421 g/mol. The summed E-state index contributed by atoms with van der Waals surface area (Å²) < 4.78 is 25.0. The van der Waals surface area contributed by atoms with Crippen LogP contribution in [0.5, 0.6) is 5.88 Å². The number of anilines is 1. The minimum Gasteiger partial charge on any atom is -0.478 e. The highest BCUT2D eigenvalue weighted by molar-refractivity contribution is 6.04. The van der Waals surface area contributed by atoms with Crippen molar-refractivity contribution in [3.8, 4) is 17.0 Å². The Morgan fingerprint density at radius 3 is 2.65 bits per heavy atom. The fourth-order valence-electron chi connectivity index (χ4n) is 3.60. The zero-order valence-electron chi connectivity index (χ0n) is 17.5. The minimum absolute atomic E-state index is 0.217. The second-order valence-electron chi connectivity index (χ2n) is 7.64. The molecule has 31 heavy (non-hydrogen) atoms. The van der Waals surface area contributed by atoms with Crippen molar-refractivity contribution in [1.82, 2.24) is 9.97 Å². The van der Waals surface area contributed by atoms with Crippen LogP contribution in [0.2, 0.25) is 0 Å². The topological polar surface area (TPSA) is 73.3 Å². The van der Waals surface area contributed by atoms with E-state index in [-0.39, 0.29) is 5.91 Å². The third-order valence-corrected chi connectivity index (χ3v) is 5.47. The molecule has 1 saturated heterocycles. The van der Waals surface area contributed by atoms with Crippen molar-refractivity contribution < 1.29 is 18.7 Å². The molecule has 4 rings (SSSR count). The highest BCUT2D eigenvalue weighted by Crippen LogP contribution is 2.40. The number of hydrogen-bond donors (Lipinski definition) is 1. The fraction of sp³-hybridized carbons (Fsp3) is 0.292. The second-order valence-corrected chi connectivity index (χ2v) is 7.64. The number of halogens is 1. The lowest BCUT2D eigenvalue weighted by Gasteiger charge is -2.40. The Kier molecular flexibility index (Phi) is 5.95. The first-order chi connectivity index (χ1) is 15.1. The predicted octanol–water partition coefficient (Wildman–Crippen LogP) is 4.34. The number of carbonyl (C=O) groups is 1. The molecule has 0 unspecified atom stereocenters. The fourth-order valence-corrected chi connectivity index (χ4v) is 3.60. The number of benzene rings is 1. The van der Waals surface area contributed by atoms with E-state index in [0.717, 1.165) is 16.7 Å². The molecular formula is C24H24FN3O3. The Balaban J connectivity index is 1.69. The number of hydrogen-bond acceptors (Lipinski definition) is 5. The predicted molar refractivity (Wildman–Crippen MR) is 116 cm³/mol. The van der Waals surface area contributed by atoms with Gasteiger partial charge in [-0.15, -0.1) is 0 Å². The monoisotopic (exact) mass is 421 g/mol. The summed E-state index contributed by atoms with van der Waals surface area (Å²) in [6.45, 7) is 4.36. The maximum Gasteiger partial charge on any atom is 0.255 e. The lowest BCUT2D eigenvalue weighted by molar-refractivity contribution is -0.0718. The van der Waals surface area contributed by atoms with E-state index in [1.54, 1.807) is 30.7 Å². The maximum absolute atomic E-state index is 14.0. The molecule has 1 aliphatic heterocycles. The minimum atomic E-state index is -0.728.